The molecule has 0 spiro atoms. The second kappa shape index (κ2) is 8.68. The number of nitrogens with one attached hydrogen (secondary N) is 2. The highest BCUT2D eigenvalue weighted by molar-refractivity contribution is 7.86. The standard InChI is InChI=1S/C23H15ClN6O5S/c24-22-26-10-27-23(30-22)29-12-7-5-11(6-8-12)28-15-9-16(36(33,34)35)19(25)18-17(15)20(31)13-3-1-2-4-14(13)21(18)32/h1-10,28H,25H2,(H,33,34,35)(H,26,27,29,30). The van der Waals surface area contributed by atoms with E-state index >= 15 is 0 Å². The van der Waals surface area contributed by atoms with Crippen molar-refractivity contribution in [1.82, 2.24) is 15.0 Å². The van der Waals surface area contributed by atoms with Crippen LogP contribution in [0.25, 0.3) is 0 Å². The van der Waals surface area contributed by atoms with Gasteiger partial charge in [0.2, 0.25) is 11.2 Å². The highest BCUT2D eigenvalue weighted by atomic mass is 35.5. The first kappa shape index (κ1) is 23.4. The zero-order valence-electron chi connectivity index (χ0n) is 18.1. The molecule has 0 amide bonds. The van der Waals surface area contributed by atoms with E-state index in [1.807, 2.05) is 0 Å². The third-order valence-electron chi connectivity index (χ3n) is 5.44. The SMILES string of the molecule is Nc1c(S(=O)(=O)O)cc(Nc2ccc(Nc3ncnc(Cl)n3)cc2)c2c1C(=O)c1ccccc1C2=O. The smallest absolute Gasteiger partial charge is 0.296 e. The van der Waals surface area contributed by atoms with Crippen molar-refractivity contribution >= 4 is 62.0 Å². The Morgan fingerprint density at radius 3 is 2.03 bits per heavy atom. The number of rotatable bonds is 5. The maximum atomic E-state index is 13.4. The van der Waals surface area contributed by atoms with Gasteiger partial charge in [-0.25, -0.2) is 9.97 Å². The zero-order chi connectivity index (χ0) is 25.6. The molecular formula is C23H15ClN6O5S. The number of ketones is 2. The molecule has 0 fully saturated rings. The van der Waals surface area contributed by atoms with Crippen molar-refractivity contribution in [2.45, 2.75) is 4.90 Å². The number of fused-ring (bicyclic) bond motifs is 2. The van der Waals surface area contributed by atoms with Crippen molar-refractivity contribution in [3.8, 4) is 0 Å². The van der Waals surface area contributed by atoms with Crippen molar-refractivity contribution in [3.05, 3.63) is 88.5 Å². The number of carbonyl (C=O) groups is 2. The minimum absolute atomic E-state index is 0.00960. The molecule has 3 aromatic carbocycles. The lowest BCUT2D eigenvalue weighted by atomic mass is 9.82. The maximum absolute atomic E-state index is 13.4. The summed E-state index contributed by atoms with van der Waals surface area (Å²) in [4.78, 5) is 37.5. The number of nitrogen functional groups attached to an aromatic ring is 1. The van der Waals surface area contributed by atoms with Gasteiger partial charge in [0.1, 0.15) is 11.2 Å². The van der Waals surface area contributed by atoms with Crippen LogP contribution in [-0.2, 0) is 10.1 Å². The lowest BCUT2D eigenvalue weighted by molar-refractivity contribution is 0.0980. The number of nitrogens with two attached hydrogens (primary N) is 1. The second-order valence-corrected chi connectivity index (χ2v) is 9.40. The van der Waals surface area contributed by atoms with Gasteiger partial charge in [0.05, 0.1) is 22.5 Å². The number of hydrogen-bond donors (Lipinski definition) is 4. The first-order valence-corrected chi connectivity index (χ1v) is 12.1. The van der Waals surface area contributed by atoms with Crippen LogP contribution in [0.3, 0.4) is 0 Å². The van der Waals surface area contributed by atoms with E-state index < -0.39 is 32.3 Å². The molecule has 0 unspecified atom stereocenters. The number of anilines is 5. The van der Waals surface area contributed by atoms with E-state index in [1.54, 1.807) is 36.4 Å². The van der Waals surface area contributed by atoms with E-state index in [0.717, 1.165) is 6.07 Å². The van der Waals surface area contributed by atoms with E-state index in [9.17, 15) is 22.6 Å². The molecule has 0 saturated heterocycles. The first-order valence-electron chi connectivity index (χ1n) is 10.2. The topological polar surface area (TPSA) is 177 Å². The summed E-state index contributed by atoms with van der Waals surface area (Å²) in [6.07, 6.45) is 1.25. The molecule has 0 saturated carbocycles. The van der Waals surface area contributed by atoms with Crippen molar-refractivity contribution < 1.29 is 22.6 Å². The molecular weight excluding hydrogens is 508 g/mol. The second-order valence-electron chi connectivity index (χ2n) is 7.67. The Hall–Kier alpha value is -4.39. The fourth-order valence-electron chi connectivity index (χ4n) is 3.86. The Morgan fingerprint density at radius 2 is 1.44 bits per heavy atom. The fourth-order valence-corrected chi connectivity index (χ4v) is 4.63. The normalized spacial score (nSPS) is 12.6. The lowest BCUT2D eigenvalue weighted by Crippen LogP contribution is -2.25. The predicted octanol–water partition coefficient (Wildman–Crippen LogP) is 3.62. The van der Waals surface area contributed by atoms with Crippen molar-refractivity contribution in [2.24, 2.45) is 0 Å². The fraction of sp³-hybridized carbons (Fsp3) is 0. The molecule has 5 N–H and O–H groups in total. The molecule has 0 aliphatic heterocycles. The van der Waals surface area contributed by atoms with Gasteiger partial charge in [-0.1, -0.05) is 24.3 Å². The van der Waals surface area contributed by atoms with Gasteiger partial charge in [0.15, 0.2) is 11.6 Å². The highest BCUT2D eigenvalue weighted by Crippen LogP contribution is 2.40. The van der Waals surface area contributed by atoms with Gasteiger partial charge in [0.25, 0.3) is 10.1 Å². The van der Waals surface area contributed by atoms with Crippen molar-refractivity contribution in [1.29, 1.82) is 0 Å². The van der Waals surface area contributed by atoms with Crippen LogP contribution < -0.4 is 16.4 Å². The molecule has 180 valence electrons. The molecule has 1 aliphatic carbocycles. The third kappa shape index (κ3) is 4.13. The summed E-state index contributed by atoms with van der Waals surface area (Å²) in [5.41, 5.74) is 6.40. The summed E-state index contributed by atoms with van der Waals surface area (Å²) in [6, 6.07) is 13.8. The molecule has 11 nitrogen and oxygen atoms in total. The molecule has 1 heterocycles. The highest BCUT2D eigenvalue weighted by Gasteiger charge is 2.36. The molecule has 4 aromatic rings. The molecule has 5 rings (SSSR count). The summed E-state index contributed by atoms with van der Waals surface area (Å²) in [7, 11) is -4.81. The Balaban J connectivity index is 1.57. The van der Waals surface area contributed by atoms with E-state index in [0.29, 0.717) is 11.4 Å². The van der Waals surface area contributed by atoms with Gasteiger partial charge in [0, 0.05) is 22.5 Å². The van der Waals surface area contributed by atoms with Crippen molar-refractivity contribution in [2.75, 3.05) is 16.4 Å². The number of benzene rings is 3. The Morgan fingerprint density at radius 1 is 0.861 bits per heavy atom. The number of carbonyl (C=O) groups excluding carboxylic acids is 2. The monoisotopic (exact) mass is 522 g/mol. The summed E-state index contributed by atoms with van der Waals surface area (Å²) in [5.74, 6) is -0.910. The Labute approximate surface area is 209 Å². The van der Waals surface area contributed by atoms with Gasteiger partial charge in [-0.15, -0.1) is 0 Å². The summed E-state index contributed by atoms with van der Waals surface area (Å²) in [6.45, 7) is 0. The first-order chi connectivity index (χ1) is 17.1. The molecule has 1 aliphatic rings. The van der Waals surface area contributed by atoms with Gasteiger partial charge < -0.3 is 16.4 Å². The average Bonchev–Trinajstić information content (AvgIpc) is 2.84. The summed E-state index contributed by atoms with van der Waals surface area (Å²) >= 11 is 5.76. The molecule has 0 atom stereocenters. The van der Waals surface area contributed by atoms with Crippen LogP contribution in [0, 0.1) is 0 Å². The van der Waals surface area contributed by atoms with Crippen LogP contribution in [0.5, 0.6) is 0 Å². The quantitative estimate of drug-likeness (QED) is 0.196. The van der Waals surface area contributed by atoms with Crippen LogP contribution >= 0.6 is 11.6 Å². The van der Waals surface area contributed by atoms with Crippen LogP contribution in [-0.4, -0.2) is 39.5 Å². The molecule has 0 radical (unpaired) electrons. The van der Waals surface area contributed by atoms with E-state index in [2.05, 4.69) is 25.6 Å². The number of hydrogen-bond acceptors (Lipinski definition) is 10. The van der Waals surface area contributed by atoms with Crippen LogP contribution in [0.4, 0.5) is 28.7 Å². The molecule has 0 bridgehead atoms. The van der Waals surface area contributed by atoms with E-state index in [-0.39, 0.29) is 39.2 Å². The Kier molecular flexibility index (Phi) is 5.63. The number of nitrogens with zero attached hydrogens (tertiary/aromatic N) is 3. The third-order valence-corrected chi connectivity index (χ3v) is 6.52. The largest absolute Gasteiger partial charge is 0.397 e. The van der Waals surface area contributed by atoms with Crippen LogP contribution in [0.15, 0.2) is 65.8 Å². The van der Waals surface area contributed by atoms with Gasteiger partial charge in [-0.2, -0.15) is 13.4 Å². The molecule has 36 heavy (non-hydrogen) atoms. The lowest BCUT2D eigenvalue weighted by Gasteiger charge is -2.23. The Bertz CT molecular complexity index is 1680. The molecule has 13 heteroatoms. The van der Waals surface area contributed by atoms with Gasteiger partial charge in [-0.05, 0) is 41.9 Å². The number of halogens is 1. The van der Waals surface area contributed by atoms with Crippen LogP contribution in [0.2, 0.25) is 5.28 Å². The van der Waals surface area contributed by atoms with Gasteiger partial charge in [-0.3, -0.25) is 14.1 Å². The maximum Gasteiger partial charge on any atom is 0.296 e. The van der Waals surface area contributed by atoms with Crippen molar-refractivity contribution in [3.63, 3.8) is 0 Å². The summed E-state index contributed by atoms with van der Waals surface area (Å²) in [5, 5.41) is 5.93. The summed E-state index contributed by atoms with van der Waals surface area (Å²) < 4.78 is 33.8. The predicted molar refractivity (Wildman–Crippen MR) is 132 cm³/mol. The minimum Gasteiger partial charge on any atom is -0.397 e. The van der Waals surface area contributed by atoms with E-state index in [1.165, 1.54) is 18.5 Å². The zero-order valence-corrected chi connectivity index (χ0v) is 19.6. The number of aromatic nitrogens is 3. The molecule has 1 aromatic heterocycles. The van der Waals surface area contributed by atoms with Gasteiger partial charge >= 0.3 is 0 Å². The minimum atomic E-state index is -4.81. The van der Waals surface area contributed by atoms with E-state index in [4.69, 9.17) is 17.3 Å². The van der Waals surface area contributed by atoms with Crippen LogP contribution in [0.1, 0.15) is 31.8 Å². The average molecular weight is 523 g/mol.